The van der Waals surface area contributed by atoms with Crippen molar-refractivity contribution < 1.29 is 9.84 Å². The molecule has 0 saturated carbocycles. The van der Waals surface area contributed by atoms with Crippen molar-refractivity contribution in [1.82, 2.24) is 0 Å². The summed E-state index contributed by atoms with van der Waals surface area (Å²) in [6.07, 6.45) is 0. The van der Waals surface area contributed by atoms with Crippen LogP contribution in [0.1, 0.15) is 11.1 Å². The van der Waals surface area contributed by atoms with E-state index in [0.29, 0.717) is 0 Å². The lowest BCUT2D eigenvalue weighted by Crippen LogP contribution is -1.82. The maximum atomic E-state index is 9.33. The molecule has 0 fully saturated rings. The van der Waals surface area contributed by atoms with Gasteiger partial charge in [0.15, 0.2) is 0 Å². The summed E-state index contributed by atoms with van der Waals surface area (Å²) in [4.78, 5) is 0. The van der Waals surface area contributed by atoms with Crippen LogP contribution in [-0.2, 0) is 0 Å². The van der Waals surface area contributed by atoms with E-state index in [0.717, 1.165) is 28.0 Å². The standard InChI is InChI=1S/C21H16O2/c1-23-21-14-6-17(7-15-21)3-2-16-4-8-18(9-5-16)19-10-12-20(22)13-11-19/h4-15,22H,1H3. The van der Waals surface area contributed by atoms with Crippen molar-refractivity contribution in [1.29, 1.82) is 0 Å². The van der Waals surface area contributed by atoms with Gasteiger partial charge in [-0.1, -0.05) is 36.1 Å². The Morgan fingerprint density at radius 3 is 1.57 bits per heavy atom. The summed E-state index contributed by atoms with van der Waals surface area (Å²) < 4.78 is 5.13. The molecular weight excluding hydrogens is 284 g/mol. The minimum atomic E-state index is 0.274. The Labute approximate surface area is 136 Å². The molecule has 112 valence electrons. The molecular formula is C21H16O2. The van der Waals surface area contributed by atoms with Crippen LogP contribution in [0, 0.1) is 11.8 Å². The first-order valence-corrected chi connectivity index (χ1v) is 7.30. The lowest BCUT2D eigenvalue weighted by Gasteiger charge is -2.02. The third-order valence-electron chi connectivity index (χ3n) is 3.53. The van der Waals surface area contributed by atoms with Gasteiger partial charge in [0.1, 0.15) is 11.5 Å². The fourth-order valence-electron chi connectivity index (χ4n) is 2.22. The number of aromatic hydroxyl groups is 1. The number of ether oxygens (including phenoxy) is 1. The molecule has 0 radical (unpaired) electrons. The number of methoxy groups -OCH3 is 1. The molecule has 0 aliphatic carbocycles. The Balaban J connectivity index is 1.77. The first kappa shape index (κ1) is 14.7. The number of benzene rings is 3. The van der Waals surface area contributed by atoms with Gasteiger partial charge in [-0.3, -0.25) is 0 Å². The molecule has 0 aliphatic heterocycles. The number of hydrogen-bond acceptors (Lipinski definition) is 2. The summed E-state index contributed by atoms with van der Waals surface area (Å²) in [6, 6.07) is 22.9. The highest BCUT2D eigenvalue weighted by atomic mass is 16.5. The predicted octanol–water partition coefficient (Wildman–Crippen LogP) is 4.47. The molecule has 3 rings (SSSR count). The van der Waals surface area contributed by atoms with Gasteiger partial charge in [0, 0.05) is 11.1 Å². The number of hydrogen-bond donors (Lipinski definition) is 1. The Bertz CT molecular complexity index is 834. The van der Waals surface area contributed by atoms with Gasteiger partial charge in [-0.15, -0.1) is 0 Å². The highest BCUT2D eigenvalue weighted by Crippen LogP contribution is 2.22. The molecule has 1 N–H and O–H groups in total. The van der Waals surface area contributed by atoms with E-state index in [1.165, 1.54) is 0 Å². The maximum absolute atomic E-state index is 9.33. The van der Waals surface area contributed by atoms with Crippen LogP contribution in [0.2, 0.25) is 0 Å². The SMILES string of the molecule is COc1ccc(C#Cc2ccc(-c3ccc(O)cc3)cc2)cc1. The van der Waals surface area contributed by atoms with E-state index in [2.05, 4.69) is 11.8 Å². The molecule has 3 aromatic rings. The summed E-state index contributed by atoms with van der Waals surface area (Å²) in [5.41, 5.74) is 4.08. The Morgan fingerprint density at radius 2 is 1.09 bits per heavy atom. The van der Waals surface area contributed by atoms with Gasteiger partial charge < -0.3 is 9.84 Å². The van der Waals surface area contributed by atoms with Gasteiger partial charge >= 0.3 is 0 Å². The first-order chi connectivity index (χ1) is 11.2. The predicted molar refractivity (Wildman–Crippen MR) is 92.5 cm³/mol. The highest BCUT2D eigenvalue weighted by molar-refractivity contribution is 5.65. The summed E-state index contributed by atoms with van der Waals surface area (Å²) in [6.45, 7) is 0. The molecule has 3 aromatic carbocycles. The molecule has 2 heteroatoms. The Morgan fingerprint density at radius 1 is 0.652 bits per heavy atom. The molecule has 23 heavy (non-hydrogen) atoms. The molecule has 0 unspecified atom stereocenters. The number of rotatable bonds is 2. The van der Waals surface area contributed by atoms with Crippen LogP contribution in [0.5, 0.6) is 11.5 Å². The second-order valence-corrected chi connectivity index (χ2v) is 5.10. The average Bonchev–Trinajstić information content (AvgIpc) is 2.61. The van der Waals surface area contributed by atoms with Gasteiger partial charge in [0.2, 0.25) is 0 Å². The van der Waals surface area contributed by atoms with Gasteiger partial charge in [0.05, 0.1) is 7.11 Å². The van der Waals surface area contributed by atoms with Crippen LogP contribution in [0.15, 0.2) is 72.8 Å². The van der Waals surface area contributed by atoms with Crippen molar-refractivity contribution in [2.45, 2.75) is 0 Å². The van der Waals surface area contributed by atoms with E-state index in [9.17, 15) is 5.11 Å². The van der Waals surface area contributed by atoms with E-state index in [-0.39, 0.29) is 5.75 Å². The van der Waals surface area contributed by atoms with E-state index >= 15 is 0 Å². The monoisotopic (exact) mass is 300 g/mol. The van der Waals surface area contributed by atoms with Crippen molar-refractivity contribution in [2.24, 2.45) is 0 Å². The molecule has 0 bridgehead atoms. The van der Waals surface area contributed by atoms with Crippen LogP contribution in [0.4, 0.5) is 0 Å². The maximum Gasteiger partial charge on any atom is 0.118 e. The molecule has 0 atom stereocenters. The molecule has 0 amide bonds. The molecule has 0 aromatic heterocycles. The number of phenols is 1. The third kappa shape index (κ3) is 3.72. The normalized spacial score (nSPS) is 9.78. The largest absolute Gasteiger partial charge is 0.508 e. The zero-order valence-electron chi connectivity index (χ0n) is 12.8. The van der Waals surface area contributed by atoms with Crippen molar-refractivity contribution in [3.8, 4) is 34.5 Å². The van der Waals surface area contributed by atoms with Gasteiger partial charge in [-0.25, -0.2) is 0 Å². The minimum absolute atomic E-state index is 0.274. The summed E-state index contributed by atoms with van der Waals surface area (Å²) in [7, 11) is 1.65. The molecule has 0 heterocycles. The first-order valence-electron chi connectivity index (χ1n) is 7.30. The summed E-state index contributed by atoms with van der Waals surface area (Å²) in [5, 5.41) is 9.33. The zero-order chi connectivity index (χ0) is 16.1. The van der Waals surface area contributed by atoms with E-state index in [1.54, 1.807) is 19.2 Å². The van der Waals surface area contributed by atoms with E-state index in [4.69, 9.17) is 4.74 Å². The van der Waals surface area contributed by atoms with E-state index < -0.39 is 0 Å². The summed E-state index contributed by atoms with van der Waals surface area (Å²) in [5.74, 6) is 7.40. The smallest absolute Gasteiger partial charge is 0.118 e. The second kappa shape index (κ2) is 6.72. The fraction of sp³-hybridized carbons (Fsp3) is 0.0476. The van der Waals surface area contributed by atoms with Gasteiger partial charge in [-0.05, 0) is 59.7 Å². The van der Waals surface area contributed by atoms with E-state index in [1.807, 2.05) is 60.7 Å². The Hall–Kier alpha value is -3.18. The molecule has 2 nitrogen and oxygen atoms in total. The van der Waals surface area contributed by atoms with Gasteiger partial charge in [0.25, 0.3) is 0 Å². The van der Waals surface area contributed by atoms with Crippen LogP contribution in [0.3, 0.4) is 0 Å². The topological polar surface area (TPSA) is 29.5 Å². The van der Waals surface area contributed by atoms with Crippen LogP contribution in [-0.4, -0.2) is 12.2 Å². The zero-order valence-corrected chi connectivity index (χ0v) is 12.8. The Kier molecular flexibility index (Phi) is 4.31. The molecule has 0 spiro atoms. The highest BCUT2D eigenvalue weighted by Gasteiger charge is 1.97. The van der Waals surface area contributed by atoms with Crippen LogP contribution in [0.25, 0.3) is 11.1 Å². The van der Waals surface area contributed by atoms with Crippen molar-refractivity contribution in [2.75, 3.05) is 7.11 Å². The minimum Gasteiger partial charge on any atom is -0.508 e. The van der Waals surface area contributed by atoms with Crippen LogP contribution < -0.4 is 4.74 Å². The fourth-order valence-corrected chi connectivity index (χ4v) is 2.22. The summed E-state index contributed by atoms with van der Waals surface area (Å²) >= 11 is 0. The van der Waals surface area contributed by atoms with Crippen LogP contribution >= 0.6 is 0 Å². The number of phenolic OH excluding ortho intramolecular Hbond substituents is 1. The lowest BCUT2D eigenvalue weighted by molar-refractivity contribution is 0.415. The van der Waals surface area contributed by atoms with Crippen molar-refractivity contribution >= 4 is 0 Å². The molecule has 0 aliphatic rings. The average molecular weight is 300 g/mol. The van der Waals surface area contributed by atoms with Gasteiger partial charge in [-0.2, -0.15) is 0 Å². The van der Waals surface area contributed by atoms with Crippen molar-refractivity contribution in [3.63, 3.8) is 0 Å². The second-order valence-electron chi connectivity index (χ2n) is 5.10. The quantitative estimate of drug-likeness (QED) is 0.708. The van der Waals surface area contributed by atoms with Crippen molar-refractivity contribution in [3.05, 3.63) is 83.9 Å². The third-order valence-corrected chi connectivity index (χ3v) is 3.53. The molecule has 0 saturated heterocycles. The lowest BCUT2D eigenvalue weighted by atomic mass is 10.0.